The number of thiophene rings is 1. The van der Waals surface area contributed by atoms with Crippen LogP contribution in [0.2, 0.25) is 0 Å². The number of hydrogen-bond donors (Lipinski definition) is 2. The lowest BCUT2D eigenvalue weighted by Gasteiger charge is -2.33. The molecule has 0 spiro atoms. The average Bonchev–Trinajstić information content (AvgIpc) is 2.77. The van der Waals surface area contributed by atoms with E-state index in [1.54, 1.807) is 11.3 Å². The van der Waals surface area contributed by atoms with Gasteiger partial charge < -0.3 is 10.4 Å². The highest BCUT2D eigenvalue weighted by Crippen LogP contribution is 2.36. The lowest BCUT2D eigenvalue weighted by Crippen LogP contribution is -2.39. The number of benzene rings is 1. The zero-order valence-electron chi connectivity index (χ0n) is 9.07. The van der Waals surface area contributed by atoms with Gasteiger partial charge in [0.25, 0.3) is 0 Å². The molecule has 84 valence electrons. The summed E-state index contributed by atoms with van der Waals surface area (Å²) in [5.74, 6) is 0. The summed E-state index contributed by atoms with van der Waals surface area (Å²) in [5, 5.41) is 17.3. The van der Waals surface area contributed by atoms with Crippen molar-refractivity contribution in [3.8, 4) is 0 Å². The molecule has 2 aromatic rings. The van der Waals surface area contributed by atoms with Crippen LogP contribution < -0.4 is 5.32 Å². The minimum Gasteiger partial charge on any atom is -0.385 e. The fourth-order valence-electron chi connectivity index (χ4n) is 2.51. The Morgan fingerprint density at radius 3 is 2.81 bits per heavy atom. The van der Waals surface area contributed by atoms with Gasteiger partial charge in [-0.2, -0.15) is 0 Å². The highest BCUT2D eigenvalue weighted by molar-refractivity contribution is 7.17. The van der Waals surface area contributed by atoms with E-state index in [0.29, 0.717) is 0 Å². The number of hydrogen-bond acceptors (Lipinski definition) is 3. The number of aliphatic hydroxyl groups is 1. The third kappa shape index (κ3) is 1.56. The first-order valence-corrected chi connectivity index (χ1v) is 6.57. The maximum atomic E-state index is 10.7. The Morgan fingerprint density at radius 1 is 1.19 bits per heavy atom. The maximum Gasteiger partial charge on any atom is 0.0927 e. The van der Waals surface area contributed by atoms with E-state index in [-0.39, 0.29) is 0 Å². The zero-order valence-corrected chi connectivity index (χ0v) is 9.89. The molecule has 16 heavy (non-hydrogen) atoms. The third-order valence-corrected chi connectivity index (χ3v) is 4.31. The minimum absolute atomic E-state index is 0.633. The van der Waals surface area contributed by atoms with E-state index in [9.17, 15) is 5.11 Å². The van der Waals surface area contributed by atoms with Crippen LogP contribution in [0.3, 0.4) is 0 Å². The van der Waals surface area contributed by atoms with Gasteiger partial charge in [-0.1, -0.05) is 12.1 Å². The molecule has 1 aromatic carbocycles. The fraction of sp³-hybridized carbons (Fsp3) is 0.385. The van der Waals surface area contributed by atoms with E-state index in [4.69, 9.17) is 0 Å². The minimum atomic E-state index is -0.633. The monoisotopic (exact) mass is 233 g/mol. The van der Waals surface area contributed by atoms with Crippen LogP contribution in [0.15, 0.2) is 29.6 Å². The van der Waals surface area contributed by atoms with Crippen molar-refractivity contribution in [2.45, 2.75) is 18.4 Å². The molecule has 0 unspecified atom stereocenters. The lowest BCUT2D eigenvalue weighted by atomic mass is 9.83. The first-order chi connectivity index (χ1) is 7.80. The van der Waals surface area contributed by atoms with Gasteiger partial charge in [-0.3, -0.25) is 0 Å². The van der Waals surface area contributed by atoms with E-state index in [1.165, 1.54) is 10.1 Å². The van der Waals surface area contributed by atoms with Crippen molar-refractivity contribution in [2.24, 2.45) is 0 Å². The van der Waals surface area contributed by atoms with Gasteiger partial charge >= 0.3 is 0 Å². The van der Waals surface area contributed by atoms with Crippen molar-refractivity contribution < 1.29 is 5.11 Å². The fourth-order valence-corrected chi connectivity index (χ4v) is 3.32. The second-order valence-corrected chi connectivity index (χ2v) is 5.37. The first kappa shape index (κ1) is 10.3. The number of fused-ring (bicyclic) bond motifs is 1. The Labute approximate surface area is 98.9 Å². The molecule has 0 saturated carbocycles. The Morgan fingerprint density at radius 2 is 2.00 bits per heavy atom. The SMILES string of the molecule is OC1(c2cccc3sccc23)CCNCC1. The summed E-state index contributed by atoms with van der Waals surface area (Å²) in [6.07, 6.45) is 1.62. The molecule has 3 rings (SSSR count). The predicted octanol–water partition coefficient (Wildman–Crippen LogP) is 2.47. The third-order valence-electron chi connectivity index (χ3n) is 3.43. The molecule has 3 heteroatoms. The summed E-state index contributed by atoms with van der Waals surface area (Å²) < 4.78 is 1.27. The molecule has 1 saturated heterocycles. The molecule has 0 bridgehead atoms. The normalized spacial score (nSPS) is 20.1. The molecule has 1 fully saturated rings. The van der Waals surface area contributed by atoms with Crippen LogP contribution in [-0.4, -0.2) is 18.2 Å². The number of piperidine rings is 1. The van der Waals surface area contributed by atoms with Crippen molar-refractivity contribution >= 4 is 21.4 Å². The van der Waals surface area contributed by atoms with Crippen molar-refractivity contribution in [1.82, 2.24) is 5.32 Å². The summed E-state index contributed by atoms with van der Waals surface area (Å²) in [5.41, 5.74) is 0.471. The van der Waals surface area contributed by atoms with Gasteiger partial charge in [0, 0.05) is 4.70 Å². The molecule has 0 atom stereocenters. The van der Waals surface area contributed by atoms with Gasteiger partial charge in [0.15, 0.2) is 0 Å². The summed E-state index contributed by atoms with van der Waals surface area (Å²) in [7, 11) is 0. The van der Waals surface area contributed by atoms with Gasteiger partial charge in [0.1, 0.15) is 0 Å². The van der Waals surface area contributed by atoms with Crippen molar-refractivity contribution in [2.75, 3.05) is 13.1 Å². The lowest BCUT2D eigenvalue weighted by molar-refractivity contribution is 0.00736. The van der Waals surface area contributed by atoms with E-state index < -0.39 is 5.60 Å². The molecule has 0 aliphatic carbocycles. The zero-order chi connectivity index (χ0) is 11.0. The van der Waals surface area contributed by atoms with Crippen molar-refractivity contribution in [3.63, 3.8) is 0 Å². The average molecular weight is 233 g/mol. The molecular weight excluding hydrogens is 218 g/mol. The summed E-state index contributed by atoms with van der Waals surface area (Å²) in [4.78, 5) is 0. The molecular formula is C13H15NOS. The Hall–Kier alpha value is -0.900. The van der Waals surface area contributed by atoms with E-state index in [2.05, 4.69) is 28.9 Å². The molecule has 0 radical (unpaired) electrons. The van der Waals surface area contributed by atoms with Crippen LogP contribution in [0, 0.1) is 0 Å². The molecule has 0 amide bonds. The van der Waals surface area contributed by atoms with Crippen molar-refractivity contribution in [3.05, 3.63) is 35.2 Å². The van der Waals surface area contributed by atoms with Crippen LogP contribution >= 0.6 is 11.3 Å². The topological polar surface area (TPSA) is 32.3 Å². The Kier molecular flexibility index (Phi) is 2.46. The highest BCUT2D eigenvalue weighted by atomic mass is 32.1. The summed E-state index contributed by atoms with van der Waals surface area (Å²) >= 11 is 1.74. The van der Waals surface area contributed by atoms with E-state index in [1.807, 2.05) is 6.07 Å². The smallest absolute Gasteiger partial charge is 0.0927 e. The summed E-state index contributed by atoms with van der Waals surface area (Å²) in [6.45, 7) is 1.80. The second-order valence-electron chi connectivity index (χ2n) is 4.42. The van der Waals surface area contributed by atoms with Gasteiger partial charge in [-0.05, 0) is 54.4 Å². The van der Waals surface area contributed by atoms with Gasteiger partial charge in [-0.25, -0.2) is 0 Å². The van der Waals surface area contributed by atoms with Crippen LogP contribution in [0.25, 0.3) is 10.1 Å². The standard InChI is InChI=1S/C13H15NOS/c15-13(5-7-14-8-6-13)11-2-1-3-12-10(11)4-9-16-12/h1-4,9,14-15H,5-8H2. The Balaban J connectivity index is 2.13. The largest absolute Gasteiger partial charge is 0.385 e. The molecule has 2 N–H and O–H groups in total. The number of rotatable bonds is 1. The predicted molar refractivity (Wildman–Crippen MR) is 67.8 cm³/mol. The van der Waals surface area contributed by atoms with E-state index >= 15 is 0 Å². The second kappa shape index (κ2) is 3.84. The Bertz CT molecular complexity index is 499. The molecule has 2 nitrogen and oxygen atoms in total. The van der Waals surface area contributed by atoms with Crippen LogP contribution in [0.1, 0.15) is 18.4 Å². The molecule has 2 heterocycles. The van der Waals surface area contributed by atoms with Crippen LogP contribution in [0.4, 0.5) is 0 Å². The van der Waals surface area contributed by atoms with Gasteiger partial charge in [0.2, 0.25) is 0 Å². The highest BCUT2D eigenvalue weighted by Gasteiger charge is 2.32. The maximum absolute atomic E-state index is 10.7. The first-order valence-electron chi connectivity index (χ1n) is 5.69. The number of nitrogens with one attached hydrogen (secondary N) is 1. The molecule has 1 aromatic heterocycles. The van der Waals surface area contributed by atoms with Crippen molar-refractivity contribution in [1.29, 1.82) is 0 Å². The van der Waals surface area contributed by atoms with E-state index in [0.717, 1.165) is 31.5 Å². The van der Waals surface area contributed by atoms with Crippen LogP contribution in [0.5, 0.6) is 0 Å². The quantitative estimate of drug-likeness (QED) is 0.793. The van der Waals surface area contributed by atoms with Crippen LogP contribution in [-0.2, 0) is 5.60 Å². The summed E-state index contributed by atoms with van der Waals surface area (Å²) in [6, 6.07) is 8.36. The molecule has 1 aliphatic rings. The molecule has 1 aliphatic heterocycles. The van der Waals surface area contributed by atoms with Gasteiger partial charge in [0.05, 0.1) is 5.60 Å². The van der Waals surface area contributed by atoms with Gasteiger partial charge in [-0.15, -0.1) is 11.3 Å².